The SMILES string of the molecule is COC(CC1c2ccccc2C2CNCC21)NC(=O)c1cccc(F)c1. The van der Waals surface area contributed by atoms with Crippen LogP contribution in [0.1, 0.15) is 39.7 Å². The summed E-state index contributed by atoms with van der Waals surface area (Å²) in [7, 11) is 1.60. The maximum absolute atomic E-state index is 13.4. The van der Waals surface area contributed by atoms with E-state index in [1.165, 1.54) is 29.3 Å². The zero-order chi connectivity index (χ0) is 18.1. The smallest absolute Gasteiger partial charge is 0.253 e. The number of hydrogen-bond donors (Lipinski definition) is 2. The van der Waals surface area contributed by atoms with Crippen LogP contribution >= 0.6 is 0 Å². The molecule has 0 bridgehead atoms. The van der Waals surface area contributed by atoms with Gasteiger partial charge in [-0.05, 0) is 54.1 Å². The third-order valence-corrected chi connectivity index (χ3v) is 5.70. The van der Waals surface area contributed by atoms with E-state index in [1.807, 2.05) is 0 Å². The van der Waals surface area contributed by atoms with E-state index in [0.717, 1.165) is 13.1 Å². The Balaban J connectivity index is 1.51. The Morgan fingerprint density at radius 3 is 2.81 bits per heavy atom. The van der Waals surface area contributed by atoms with Crippen LogP contribution in [0.3, 0.4) is 0 Å². The second-order valence-corrected chi connectivity index (χ2v) is 7.11. The number of benzene rings is 2. The van der Waals surface area contributed by atoms with Crippen molar-refractivity contribution in [2.75, 3.05) is 20.2 Å². The van der Waals surface area contributed by atoms with Crippen molar-refractivity contribution in [3.8, 4) is 0 Å². The molecular formula is C21H23FN2O2. The molecule has 1 aliphatic heterocycles. The van der Waals surface area contributed by atoms with Gasteiger partial charge in [-0.15, -0.1) is 0 Å². The van der Waals surface area contributed by atoms with Gasteiger partial charge < -0.3 is 15.4 Å². The fourth-order valence-electron chi connectivity index (χ4n) is 4.49. The molecule has 2 aromatic carbocycles. The predicted octanol–water partition coefficient (Wildman–Crippen LogP) is 3.02. The minimum absolute atomic E-state index is 0.305. The van der Waals surface area contributed by atoms with Crippen molar-refractivity contribution < 1.29 is 13.9 Å². The summed E-state index contributed by atoms with van der Waals surface area (Å²) in [4.78, 5) is 12.4. The van der Waals surface area contributed by atoms with Crippen LogP contribution in [0.15, 0.2) is 48.5 Å². The fraction of sp³-hybridized carbons (Fsp3) is 0.381. The van der Waals surface area contributed by atoms with Gasteiger partial charge in [-0.25, -0.2) is 4.39 Å². The molecule has 2 aliphatic rings. The summed E-state index contributed by atoms with van der Waals surface area (Å²) in [6.45, 7) is 1.99. The van der Waals surface area contributed by atoms with Crippen LogP contribution in [0.2, 0.25) is 0 Å². The van der Waals surface area contributed by atoms with E-state index in [-0.39, 0.29) is 5.91 Å². The summed E-state index contributed by atoms with van der Waals surface area (Å²) in [5, 5.41) is 6.39. The molecule has 1 fully saturated rings. The summed E-state index contributed by atoms with van der Waals surface area (Å²) < 4.78 is 18.9. The second-order valence-electron chi connectivity index (χ2n) is 7.11. The highest BCUT2D eigenvalue weighted by Crippen LogP contribution is 2.50. The summed E-state index contributed by atoms with van der Waals surface area (Å²) in [6, 6.07) is 14.3. The fourth-order valence-corrected chi connectivity index (χ4v) is 4.49. The second kappa shape index (κ2) is 7.17. The van der Waals surface area contributed by atoms with Gasteiger partial charge in [0.1, 0.15) is 12.0 Å². The molecule has 0 radical (unpaired) electrons. The lowest BCUT2D eigenvalue weighted by molar-refractivity contribution is 0.0476. The average molecular weight is 354 g/mol. The van der Waals surface area contributed by atoms with E-state index < -0.39 is 12.0 Å². The van der Waals surface area contributed by atoms with Crippen molar-refractivity contribution >= 4 is 5.91 Å². The Labute approximate surface area is 152 Å². The predicted molar refractivity (Wildman–Crippen MR) is 97.6 cm³/mol. The lowest BCUT2D eigenvalue weighted by Gasteiger charge is -2.25. The summed E-state index contributed by atoms with van der Waals surface area (Å²) in [5.41, 5.74) is 3.09. The molecule has 1 saturated heterocycles. The quantitative estimate of drug-likeness (QED) is 0.812. The van der Waals surface area contributed by atoms with Crippen molar-refractivity contribution in [3.63, 3.8) is 0 Å². The molecule has 0 spiro atoms. The van der Waals surface area contributed by atoms with Crippen molar-refractivity contribution in [3.05, 3.63) is 71.0 Å². The van der Waals surface area contributed by atoms with Crippen LogP contribution in [0.4, 0.5) is 4.39 Å². The number of carbonyl (C=O) groups excluding carboxylic acids is 1. The lowest BCUT2D eigenvalue weighted by atomic mass is 9.86. The first-order valence-electron chi connectivity index (χ1n) is 9.06. The number of ether oxygens (including phenoxy) is 1. The first-order valence-corrected chi connectivity index (χ1v) is 9.06. The van der Waals surface area contributed by atoms with Gasteiger partial charge in [-0.2, -0.15) is 0 Å². The Hall–Kier alpha value is -2.24. The Bertz CT molecular complexity index is 810. The minimum atomic E-state index is -0.420. The molecule has 4 unspecified atom stereocenters. The van der Waals surface area contributed by atoms with Gasteiger partial charge in [0.25, 0.3) is 5.91 Å². The molecular weight excluding hydrogens is 331 g/mol. The van der Waals surface area contributed by atoms with Gasteiger partial charge in [0, 0.05) is 25.1 Å². The summed E-state index contributed by atoms with van der Waals surface area (Å²) in [5.74, 6) is 0.660. The van der Waals surface area contributed by atoms with Crippen LogP contribution in [0, 0.1) is 11.7 Å². The summed E-state index contributed by atoms with van der Waals surface area (Å²) in [6.07, 6.45) is 0.292. The van der Waals surface area contributed by atoms with Crippen LogP contribution in [-0.4, -0.2) is 32.3 Å². The van der Waals surface area contributed by atoms with E-state index in [0.29, 0.717) is 29.7 Å². The zero-order valence-corrected chi connectivity index (χ0v) is 14.7. The van der Waals surface area contributed by atoms with Crippen molar-refractivity contribution in [1.82, 2.24) is 10.6 Å². The number of nitrogens with one attached hydrogen (secondary N) is 2. The average Bonchev–Trinajstić information content (AvgIpc) is 3.23. The standard InChI is InChI=1S/C21H23FN2O2/c1-26-20(24-21(25)13-5-4-6-14(22)9-13)10-17-15-7-2-3-8-16(15)18-11-23-12-19(17)18/h2-9,17-20,23H,10-12H2,1H3,(H,24,25). The molecule has 1 heterocycles. The van der Waals surface area contributed by atoms with Crippen LogP contribution in [-0.2, 0) is 4.74 Å². The number of methoxy groups -OCH3 is 1. The Morgan fingerprint density at radius 1 is 1.23 bits per heavy atom. The van der Waals surface area contributed by atoms with Gasteiger partial charge >= 0.3 is 0 Å². The molecule has 5 heteroatoms. The van der Waals surface area contributed by atoms with Gasteiger partial charge in [0.2, 0.25) is 0 Å². The van der Waals surface area contributed by atoms with E-state index in [2.05, 4.69) is 34.9 Å². The lowest BCUT2D eigenvalue weighted by Crippen LogP contribution is -2.38. The number of carbonyl (C=O) groups is 1. The topological polar surface area (TPSA) is 50.4 Å². The van der Waals surface area contributed by atoms with Crippen molar-refractivity contribution in [2.24, 2.45) is 5.92 Å². The Kier molecular flexibility index (Phi) is 4.74. The highest BCUT2D eigenvalue weighted by atomic mass is 19.1. The Morgan fingerprint density at radius 2 is 2.04 bits per heavy atom. The highest BCUT2D eigenvalue weighted by molar-refractivity contribution is 5.94. The molecule has 26 heavy (non-hydrogen) atoms. The number of fused-ring (bicyclic) bond motifs is 3. The van der Waals surface area contributed by atoms with Crippen molar-refractivity contribution in [1.29, 1.82) is 0 Å². The van der Waals surface area contributed by atoms with Crippen molar-refractivity contribution in [2.45, 2.75) is 24.5 Å². The maximum Gasteiger partial charge on any atom is 0.253 e. The van der Waals surface area contributed by atoms with E-state index in [9.17, 15) is 9.18 Å². The maximum atomic E-state index is 13.4. The molecule has 136 valence electrons. The first-order chi connectivity index (χ1) is 12.7. The minimum Gasteiger partial charge on any atom is -0.362 e. The largest absolute Gasteiger partial charge is 0.362 e. The molecule has 1 amide bonds. The van der Waals surface area contributed by atoms with Gasteiger partial charge in [0.05, 0.1) is 0 Å². The number of halogens is 1. The molecule has 2 aromatic rings. The van der Waals surface area contributed by atoms with E-state index in [1.54, 1.807) is 13.2 Å². The monoisotopic (exact) mass is 354 g/mol. The van der Waals surface area contributed by atoms with Gasteiger partial charge in [-0.1, -0.05) is 30.3 Å². The summed E-state index contributed by atoms with van der Waals surface area (Å²) >= 11 is 0. The van der Waals surface area contributed by atoms with E-state index in [4.69, 9.17) is 4.74 Å². The highest BCUT2D eigenvalue weighted by Gasteiger charge is 2.43. The number of rotatable bonds is 5. The van der Waals surface area contributed by atoms with Crippen LogP contribution in [0.25, 0.3) is 0 Å². The van der Waals surface area contributed by atoms with Gasteiger partial charge in [-0.3, -0.25) is 4.79 Å². The molecule has 4 nitrogen and oxygen atoms in total. The molecule has 0 aromatic heterocycles. The number of amides is 1. The molecule has 4 rings (SSSR count). The normalized spacial score (nSPS) is 24.8. The third kappa shape index (κ3) is 3.13. The van der Waals surface area contributed by atoms with E-state index >= 15 is 0 Å². The molecule has 2 N–H and O–H groups in total. The molecule has 4 atom stereocenters. The molecule has 1 aliphatic carbocycles. The zero-order valence-electron chi connectivity index (χ0n) is 14.7. The third-order valence-electron chi connectivity index (χ3n) is 5.70. The number of hydrogen-bond acceptors (Lipinski definition) is 3. The van der Waals surface area contributed by atoms with Gasteiger partial charge in [0.15, 0.2) is 0 Å². The van der Waals surface area contributed by atoms with Crippen LogP contribution < -0.4 is 10.6 Å². The first kappa shape index (κ1) is 17.2. The molecule has 0 saturated carbocycles. The van der Waals surface area contributed by atoms with Crippen LogP contribution in [0.5, 0.6) is 0 Å².